The zero-order valence-electron chi connectivity index (χ0n) is 20.1. The lowest BCUT2D eigenvalue weighted by molar-refractivity contribution is 0.321. The second kappa shape index (κ2) is 11.6. The number of halogens is 2. The third kappa shape index (κ3) is 6.24. The fourth-order valence-electron chi connectivity index (χ4n) is 4.17. The highest BCUT2D eigenvalue weighted by atomic mass is 19.1. The van der Waals surface area contributed by atoms with E-state index in [-0.39, 0.29) is 11.6 Å². The standard InChI is InChI=1S/C32H30F2O/c1-3-5-6-23-9-14-26(15-10-23)27-16-11-24(12-17-27)7-8-25-13-19-29(30(33)21-25)28-18-20-32(35-4-2)31(34)22-28/h3,9-22H,1,4-8H2,2H3. The number of hydrogen-bond acceptors (Lipinski definition) is 1. The van der Waals surface area contributed by atoms with E-state index in [0.717, 1.165) is 31.2 Å². The van der Waals surface area contributed by atoms with E-state index in [1.165, 1.54) is 28.3 Å². The number of rotatable bonds is 10. The van der Waals surface area contributed by atoms with Gasteiger partial charge < -0.3 is 4.74 Å². The first kappa shape index (κ1) is 24.4. The lowest BCUT2D eigenvalue weighted by Gasteiger charge is -2.10. The SMILES string of the molecule is C=CCCc1ccc(-c2ccc(CCc3ccc(-c4ccc(OCC)c(F)c4)c(F)c3)cc2)cc1. The molecule has 0 fully saturated rings. The maximum Gasteiger partial charge on any atom is 0.165 e. The quantitative estimate of drug-likeness (QED) is 0.212. The summed E-state index contributed by atoms with van der Waals surface area (Å²) in [5.41, 5.74) is 6.70. The molecule has 1 nitrogen and oxygen atoms in total. The number of hydrogen-bond donors (Lipinski definition) is 0. The van der Waals surface area contributed by atoms with Gasteiger partial charge >= 0.3 is 0 Å². The van der Waals surface area contributed by atoms with Crippen LogP contribution < -0.4 is 4.74 Å². The van der Waals surface area contributed by atoms with Gasteiger partial charge in [0.1, 0.15) is 5.82 Å². The molecule has 4 aromatic carbocycles. The molecule has 0 heterocycles. The van der Waals surface area contributed by atoms with Gasteiger partial charge in [0.05, 0.1) is 6.61 Å². The molecule has 0 unspecified atom stereocenters. The molecule has 0 aliphatic carbocycles. The van der Waals surface area contributed by atoms with Crippen LogP contribution in [0.5, 0.6) is 5.75 Å². The average molecular weight is 469 g/mol. The van der Waals surface area contributed by atoms with Crippen LogP contribution in [-0.2, 0) is 19.3 Å². The minimum Gasteiger partial charge on any atom is -0.491 e. The summed E-state index contributed by atoms with van der Waals surface area (Å²) < 4.78 is 34.2. The van der Waals surface area contributed by atoms with Gasteiger partial charge in [-0.15, -0.1) is 6.58 Å². The monoisotopic (exact) mass is 468 g/mol. The van der Waals surface area contributed by atoms with Crippen LogP contribution in [0.4, 0.5) is 8.78 Å². The van der Waals surface area contributed by atoms with Gasteiger partial charge in [0.15, 0.2) is 11.6 Å². The normalized spacial score (nSPS) is 10.8. The van der Waals surface area contributed by atoms with E-state index in [4.69, 9.17) is 4.74 Å². The van der Waals surface area contributed by atoms with Gasteiger partial charge in [0.25, 0.3) is 0 Å². The van der Waals surface area contributed by atoms with Crippen LogP contribution in [-0.4, -0.2) is 6.61 Å². The molecule has 178 valence electrons. The zero-order valence-corrected chi connectivity index (χ0v) is 20.1. The Morgan fingerprint density at radius 2 is 1.23 bits per heavy atom. The molecule has 0 aromatic heterocycles. The van der Waals surface area contributed by atoms with Crippen molar-refractivity contribution >= 4 is 0 Å². The van der Waals surface area contributed by atoms with Crippen LogP contribution in [0.3, 0.4) is 0 Å². The smallest absolute Gasteiger partial charge is 0.165 e. The minimum atomic E-state index is -0.486. The van der Waals surface area contributed by atoms with Gasteiger partial charge in [0.2, 0.25) is 0 Å². The van der Waals surface area contributed by atoms with E-state index in [9.17, 15) is 8.78 Å². The second-order valence-corrected chi connectivity index (χ2v) is 8.61. The highest BCUT2D eigenvalue weighted by Gasteiger charge is 2.10. The summed E-state index contributed by atoms with van der Waals surface area (Å²) in [6.07, 6.45) is 5.49. The van der Waals surface area contributed by atoms with E-state index < -0.39 is 5.82 Å². The third-order valence-electron chi connectivity index (χ3n) is 6.16. The third-order valence-corrected chi connectivity index (χ3v) is 6.16. The predicted octanol–water partition coefficient (Wildman–Crippen LogP) is 8.60. The summed E-state index contributed by atoms with van der Waals surface area (Å²) in [7, 11) is 0. The number of aryl methyl sites for hydroxylation is 3. The first-order chi connectivity index (χ1) is 17.1. The molecule has 0 N–H and O–H groups in total. The van der Waals surface area contributed by atoms with E-state index in [0.29, 0.717) is 17.7 Å². The maximum atomic E-state index is 14.8. The molecule has 0 saturated carbocycles. The molecule has 0 amide bonds. The van der Waals surface area contributed by atoms with E-state index in [1.807, 2.05) is 12.1 Å². The van der Waals surface area contributed by atoms with Crippen molar-refractivity contribution in [2.75, 3.05) is 6.61 Å². The van der Waals surface area contributed by atoms with E-state index in [2.05, 4.69) is 55.1 Å². The van der Waals surface area contributed by atoms with Crippen molar-refractivity contribution in [1.82, 2.24) is 0 Å². The van der Waals surface area contributed by atoms with Crippen LogP contribution >= 0.6 is 0 Å². The van der Waals surface area contributed by atoms with E-state index in [1.54, 1.807) is 31.2 Å². The molecule has 0 aliphatic heterocycles. The van der Waals surface area contributed by atoms with Gasteiger partial charge in [-0.1, -0.05) is 72.8 Å². The number of allylic oxidation sites excluding steroid dienone is 1. The first-order valence-electron chi connectivity index (χ1n) is 12.1. The molecule has 0 radical (unpaired) electrons. The zero-order chi connectivity index (χ0) is 24.6. The van der Waals surface area contributed by atoms with Crippen molar-refractivity contribution in [2.45, 2.75) is 32.6 Å². The molecular formula is C32H30F2O. The summed E-state index contributed by atoms with van der Waals surface area (Å²) in [6, 6.07) is 26.9. The fraction of sp³-hybridized carbons (Fsp3) is 0.188. The Balaban J connectivity index is 1.38. The van der Waals surface area contributed by atoms with Gasteiger partial charge in [0, 0.05) is 5.56 Å². The van der Waals surface area contributed by atoms with Crippen molar-refractivity contribution in [1.29, 1.82) is 0 Å². The van der Waals surface area contributed by atoms with Crippen molar-refractivity contribution in [3.8, 4) is 28.0 Å². The summed E-state index contributed by atoms with van der Waals surface area (Å²) in [6.45, 7) is 5.96. The predicted molar refractivity (Wildman–Crippen MR) is 141 cm³/mol. The van der Waals surface area contributed by atoms with Crippen LogP contribution in [0.2, 0.25) is 0 Å². The molecule has 4 aromatic rings. The van der Waals surface area contributed by atoms with Gasteiger partial charge in [-0.25, -0.2) is 8.78 Å². The molecule has 0 aliphatic rings. The topological polar surface area (TPSA) is 9.23 Å². The summed E-state index contributed by atoms with van der Waals surface area (Å²) >= 11 is 0. The lowest BCUT2D eigenvalue weighted by atomic mass is 9.97. The van der Waals surface area contributed by atoms with Crippen LogP contribution in [0.1, 0.15) is 30.0 Å². The molecule has 4 rings (SSSR count). The van der Waals surface area contributed by atoms with Gasteiger partial charge in [-0.05, 0) is 84.2 Å². The Morgan fingerprint density at radius 1 is 0.657 bits per heavy atom. The summed E-state index contributed by atoms with van der Waals surface area (Å²) in [5.74, 6) is -0.655. The Morgan fingerprint density at radius 3 is 1.80 bits per heavy atom. The molecule has 0 bridgehead atoms. The van der Waals surface area contributed by atoms with Crippen LogP contribution in [0.15, 0.2) is 97.6 Å². The van der Waals surface area contributed by atoms with Crippen molar-refractivity contribution < 1.29 is 13.5 Å². The first-order valence-corrected chi connectivity index (χ1v) is 12.1. The Labute approximate surface area is 206 Å². The van der Waals surface area contributed by atoms with Crippen molar-refractivity contribution in [2.24, 2.45) is 0 Å². The van der Waals surface area contributed by atoms with Gasteiger partial charge in [-0.3, -0.25) is 0 Å². The molecule has 0 saturated heterocycles. The van der Waals surface area contributed by atoms with Crippen LogP contribution in [0.25, 0.3) is 22.3 Å². The Bertz CT molecular complexity index is 1270. The molecule has 3 heteroatoms. The van der Waals surface area contributed by atoms with Crippen molar-refractivity contribution in [3.63, 3.8) is 0 Å². The minimum absolute atomic E-state index is 0.180. The molecule has 0 spiro atoms. The largest absolute Gasteiger partial charge is 0.491 e. The molecule has 35 heavy (non-hydrogen) atoms. The highest BCUT2D eigenvalue weighted by molar-refractivity contribution is 5.66. The maximum absolute atomic E-state index is 14.8. The number of ether oxygens (including phenoxy) is 1. The number of benzene rings is 4. The highest BCUT2D eigenvalue weighted by Crippen LogP contribution is 2.29. The molecular weight excluding hydrogens is 438 g/mol. The summed E-state index contributed by atoms with van der Waals surface area (Å²) in [5, 5.41) is 0. The van der Waals surface area contributed by atoms with Crippen LogP contribution in [0, 0.1) is 11.6 Å². The average Bonchev–Trinajstić information content (AvgIpc) is 2.88. The summed E-state index contributed by atoms with van der Waals surface area (Å²) in [4.78, 5) is 0. The Kier molecular flexibility index (Phi) is 8.10. The second-order valence-electron chi connectivity index (χ2n) is 8.61. The lowest BCUT2D eigenvalue weighted by Crippen LogP contribution is -1.96. The molecule has 0 atom stereocenters. The van der Waals surface area contributed by atoms with E-state index >= 15 is 0 Å². The fourth-order valence-corrected chi connectivity index (χ4v) is 4.17. The van der Waals surface area contributed by atoms with Crippen molar-refractivity contribution in [3.05, 3.63) is 126 Å². The Hall–Kier alpha value is -3.72. The van der Waals surface area contributed by atoms with Gasteiger partial charge in [-0.2, -0.15) is 0 Å².